The van der Waals surface area contributed by atoms with E-state index >= 15 is 4.39 Å². The molecule has 0 spiro atoms. The van der Waals surface area contributed by atoms with E-state index < -0.39 is 38.9 Å². The molecule has 3 aromatic rings. The maximum Gasteiger partial charge on any atom is 0.416 e. The SMILES string of the molecule is O=C(CC/C(F)=C1\CCCn2nnc(-c3ccc(C(F)(F)F)cc3)c21)CS(=O)(=O)c1cc(Cl)c(Cl)s1. The maximum atomic E-state index is 15.3. The lowest BCUT2D eigenvalue weighted by atomic mass is 9.96. The van der Waals surface area contributed by atoms with Crippen LogP contribution in [0.2, 0.25) is 9.36 Å². The van der Waals surface area contributed by atoms with E-state index in [4.69, 9.17) is 23.2 Å². The molecular formula is C22H17Cl2F4N3O3S2. The van der Waals surface area contributed by atoms with Crippen LogP contribution in [0.4, 0.5) is 17.6 Å². The van der Waals surface area contributed by atoms with Crippen molar-refractivity contribution in [3.8, 4) is 11.3 Å². The number of hydrogen-bond donors (Lipinski definition) is 0. The van der Waals surface area contributed by atoms with Crippen molar-refractivity contribution < 1.29 is 30.8 Å². The standard InChI is InChI=1S/C22H17Cl2F4N3O3S2/c23-16-10-18(35-21(16)24)36(33,34)11-14(32)7-8-17(25)15-2-1-9-31-20(15)19(29-30-31)12-3-5-13(6-4-12)22(26,27)28/h3-6,10H,1-2,7-9,11H2/b17-15-. The average Bonchev–Trinajstić information content (AvgIpc) is 3.40. The van der Waals surface area contributed by atoms with Crippen LogP contribution < -0.4 is 0 Å². The summed E-state index contributed by atoms with van der Waals surface area (Å²) < 4.78 is 80.3. The topological polar surface area (TPSA) is 81.9 Å². The van der Waals surface area contributed by atoms with Crippen LogP contribution in [0.15, 0.2) is 40.4 Å². The molecule has 1 aliphatic rings. The monoisotopic (exact) mass is 581 g/mol. The first-order valence-corrected chi connectivity index (χ1v) is 13.8. The fourth-order valence-corrected chi connectivity index (χ4v) is 7.05. The molecule has 0 saturated heterocycles. The van der Waals surface area contributed by atoms with Crippen LogP contribution in [-0.2, 0) is 27.4 Å². The van der Waals surface area contributed by atoms with Gasteiger partial charge in [0.2, 0.25) is 0 Å². The Kier molecular flexibility index (Phi) is 7.61. The number of thiophene rings is 1. The third kappa shape index (κ3) is 5.66. The van der Waals surface area contributed by atoms with Gasteiger partial charge in [0.05, 0.1) is 16.3 Å². The summed E-state index contributed by atoms with van der Waals surface area (Å²) in [5, 5.41) is 8.11. The highest BCUT2D eigenvalue weighted by Crippen LogP contribution is 2.38. The molecule has 0 saturated carbocycles. The van der Waals surface area contributed by atoms with Gasteiger partial charge >= 0.3 is 6.18 Å². The number of rotatable bonds is 7. The number of benzene rings is 1. The summed E-state index contributed by atoms with van der Waals surface area (Å²) >= 11 is 12.3. The maximum absolute atomic E-state index is 15.3. The molecule has 0 radical (unpaired) electrons. The van der Waals surface area contributed by atoms with Gasteiger partial charge < -0.3 is 0 Å². The molecule has 0 bridgehead atoms. The summed E-state index contributed by atoms with van der Waals surface area (Å²) in [4.78, 5) is 12.4. The van der Waals surface area contributed by atoms with Crippen molar-refractivity contribution in [1.29, 1.82) is 0 Å². The number of nitrogens with zero attached hydrogens (tertiary/aromatic N) is 3. The number of aryl methyl sites for hydroxylation is 1. The van der Waals surface area contributed by atoms with Gasteiger partial charge in [0.25, 0.3) is 0 Å². The van der Waals surface area contributed by atoms with E-state index in [1.165, 1.54) is 22.9 Å². The van der Waals surface area contributed by atoms with Gasteiger partial charge in [-0.15, -0.1) is 16.4 Å². The minimum atomic E-state index is -4.50. The Morgan fingerprint density at radius 3 is 2.44 bits per heavy atom. The Morgan fingerprint density at radius 1 is 1.14 bits per heavy atom. The van der Waals surface area contributed by atoms with E-state index in [0.29, 0.717) is 30.6 Å². The minimum Gasteiger partial charge on any atom is -0.299 e. The number of sulfone groups is 1. The number of hydrogen-bond acceptors (Lipinski definition) is 6. The molecule has 0 aliphatic carbocycles. The van der Waals surface area contributed by atoms with Gasteiger partial charge in [0.15, 0.2) is 9.84 Å². The number of Topliss-reactive ketones (excluding diaryl/α,β-unsaturated/α-hetero) is 1. The van der Waals surface area contributed by atoms with Crippen molar-refractivity contribution in [1.82, 2.24) is 15.0 Å². The van der Waals surface area contributed by atoms with E-state index in [1.807, 2.05) is 0 Å². The van der Waals surface area contributed by atoms with Gasteiger partial charge in [0, 0.05) is 30.5 Å². The predicted octanol–water partition coefficient (Wildman–Crippen LogP) is 6.63. The Balaban J connectivity index is 1.53. The van der Waals surface area contributed by atoms with Crippen molar-refractivity contribution in [2.45, 2.75) is 42.6 Å². The summed E-state index contributed by atoms with van der Waals surface area (Å²) in [6.07, 6.45) is -4.34. The normalized spacial score (nSPS) is 15.6. The molecule has 1 aliphatic heterocycles. The number of ketones is 1. The Bertz CT molecular complexity index is 1430. The molecule has 0 N–H and O–H groups in total. The third-order valence-corrected chi connectivity index (χ3v) is 9.64. The van der Waals surface area contributed by atoms with Crippen LogP contribution >= 0.6 is 34.5 Å². The molecule has 36 heavy (non-hydrogen) atoms. The number of aromatic nitrogens is 3. The summed E-state index contributed by atoms with van der Waals surface area (Å²) in [6.45, 7) is 0.447. The molecule has 1 aromatic carbocycles. The number of fused-ring (bicyclic) bond motifs is 1. The van der Waals surface area contributed by atoms with Crippen LogP contribution in [-0.4, -0.2) is 34.9 Å². The van der Waals surface area contributed by atoms with E-state index in [1.54, 1.807) is 0 Å². The molecule has 3 heterocycles. The van der Waals surface area contributed by atoms with Gasteiger partial charge in [-0.1, -0.05) is 40.5 Å². The van der Waals surface area contributed by atoms with Crippen molar-refractivity contribution in [3.05, 3.63) is 56.8 Å². The van der Waals surface area contributed by atoms with Crippen molar-refractivity contribution >= 4 is 55.7 Å². The summed E-state index contributed by atoms with van der Waals surface area (Å²) in [5.74, 6) is -2.13. The zero-order chi connectivity index (χ0) is 26.3. The minimum absolute atomic E-state index is 0.0647. The fraction of sp³-hybridized carbons (Fsp3) is 0.318. The first-order chi connectivity index (χ1) is 16.9. The van der Waals surface area contributed by atoms with Gasteiger partial charge in [-0.3, -0.25) is 4.79 Å². The lowest BCUT2D eigenvalue weighted by Gasteiger charge is -2.18. The second kappa shape index (κ2) is 10.2. The fourth-order valence-electron chi connectivity index (χ4n) is 3.80. The van der Waals surface area contributed by atoms with E-state index in [0.717, 1.165) is 23.5 Å². The Hall–Kier alpha value is -2.28. The van der Waals surface area contributed by atoms with E-state index in [2.05, 4.69) is 10.3 Å². The zero-order valence-corrected chi connectivity index (χ0v) is 21.4. The number of alkyl halides is 3. The highest BCUT2D eigenvalue weighted by atomic mass is 35.5. The van der Waals surface area contributed by atoms with Crippen LogP contribution in [0.1, 0.15) is 36.9 Å². The molecule has 192 valence electrons. The highest BCUT2D eigenvalue weighted by molar-refractivity contribution is 7.94. The number of carbonyl (C=O) groups is 1. The highest BCUT2D eigenvalue weighted by Gasteiger charge is 2.31. The molecule has 6 nitrogen and oxygen atoms in total. The van der Waals surface area contributed by atoms with Gasteiger partial charge in [-0.2, -0.15) is 13.2 Å². The second-order valence-corrected chi connectivity index (χ2v) is 12.3. The molecule has 0 amide bonds. The number of halogens is 6. The second-order valence-electron chi connectivity index (χ2n) is 8.06. The van der Waals surface area contributed by atoms with Crippen LogP contribution in [0, 0.1) is 0 Å². The first-order valence-electron chi connectivity index (χ1n) is 10.5. The van der Waals surface area contributed by atoms with Gasteiger partial charge in [-0.05, 0) is 31.0 Å². The quantitative estimate of drug-likeness (QED) is 0.292. The lowest BCUT2D eigenvalue weighted by Crippen LogP contribution is -2.16. The summed E-state index contributed by atoms with van der Waals surface area (Å²) in [6, 6.07) is 5.48. The molecule has 14 heteroatoms. The predicted molar refractivity (Wildman–Crippen MR) is 128 cm³/mol. The molecule has 0 fully saturated rings. The van der Waals surface area contributed by atoms with Crippen molar-refractivity contribution in [2.24, 2.45) is 0 Å². The first kappa shape index (κ1) is 26.8. The molecule has 2 aromatic heterocycles. The van der Waals surface area contributed by atoms with Crippen molar-refractivity contribution in [3.63, 3.8) is 0 Å². The molecular weight excluding hydrogens is 565 g/mol. The van der Waals surface area contributed by atoms with Crippen molar-refractivity contribution in [2.75, 3.05) is 5.75 Å². The van der Waals surface area contributed by atoms with E-state index in [9.17, 15) is 26.4 Å². The summed E-state index contributed by atoms with van der Waals surface area (Å²) in [7, 11) is -3.97. The summed E-state index contributed by atoms with van der Waals surface area (Å²) in [5.41, 5.74) is 0.325. The van der Waals surface area contributed by atoms with E-state index in [-0.39, 0.29) is 37.7 Å². The average molecular weight is 582 g/mol. The third-order valence-electron chi connectivity index (χ3n) is 5.53. The van der Waals surface area contributed by atoms with Crippen LogP contribution in [0.25, 0.3) is 16.8 Å². The Labute approximate surface area is 217 Å². The Morgan fingerprint density at radius 2 is 1.83 bits per heavy atom. The number of allylic oxidation sites excluding steroid dienone is 2. The number of carbonyl (C=O) groups excluding carboxylic acids is 1. The van der Waals surface area contributed by atoms with Crippen LogP contribution in [0.3, 0.4) is 0 Å². The molecule has 0 unspecified atom stereocenters. The smallest absolute Gasteiger partial charge is 0.299 e. The molecule has 4 rings (SSSR count). The largest absolute Gasteiger partial charge is 0.416 e. The molecule has 0 atom stereocenters. The van der Waals surface area contributed by atoms with Gasteiger partial charge in [0.1, 0.15) is 31.6 Å². The van der Waals surface area contributed by atoms with Gasteiger partial charge in [-0.25, -0.2) is 17.5 Å². The van der Waals surface area contributed by atoms with Crippen LogP contribution in [0.5, 0.6) is 0 Å². The lowest BCUT2D eigenvalue weighted by molar-refractivity contribution is -0.137. The zero-order valence-electron chi connectivity index (χ0n) is 18.3.